The van der Waals surface area contributed by atoms with E-state index in [0.717, 1.165) is 11.4 Å². The van der Waals surface area contributed by atoms with E-state index in [9.17, 15) is 0 Å². The molecule has 0 heterocycles. The van der Waals surface area contributed by atoms with Gasteiger partial charge in [0.25, 0.3) is 0 Å². The quantitative estimate of drug-likeness (QED) is 0.750. The Morgan fingerprint density at radius 3 is 1.00 bits per heavy atom. The molecule has 0 aliphatic heterocycles. The van der Waals surface area contributed by atoms with E-state index >= 15 is 0 Å². The summed E-state index contributed by atoms with van der Waals surface area (Å²) < 4.78 is 0. The topological polar surface area (TPSA) is 24.1 Å². The van der Waals surface area contributed by atoms with Gasteiger partial charge in [-0.25, -0.2) is 0 Å². The van der Waals surface area contributed by atoms with E-state index < -0.39 is 0 Å². The van der Waals surface area contributed by atoms with Gasteiger partial charge in [-0.15, -0.1) is 0 Å². The smallest absolute Gasteiger partial charge is 0.0344 e. The van der Waals surface area contributed by atoms with Crippen LogP contribution < -0.4 is 10.6 Å². The van der Waals surface area contributed by atoms with Gasteiger partial charge in [-0.3, -0.25) is 0 Å². The minimum Gasteiger partial charge on any atom is -0.380 e. The summed E-state index contributed by atoms with van der Waals surface area (Å²) >= 11 is 0. The molecule has 2 rings (SSSR count). The summed E-state index contributed by atoms with van der Waals surface area (Å²) in [6.45, 7) is 13.0. The third-order valence-electron chi connectivity index (χ3n) is 3.14. The Labute approximate surface area is 135 Å². The Hall–Kier alpha value is -1.96. The maximum atomic E-state index is 3.48. The summed E-state index contributed by atoms with van der Waals surface area (Å²) in [5.41, 5.74) is 4.96. The minimum atomic E-state index is 0.0851. The molecule has 0 fully saturated rings. The van der Waals surface area contributed by atoms with Crippen LogP contribution in [0.4, 0.5) is 11.4 Å². The van der Waals surface area contributed by atoms with Crippen molar-refractivity contribution in [2.45, 2.75) is 52.6 Å². The molecule has 0 atom stereocenters. The molecule has 2 aromatic carbocycles. The van der Waals surface area contributed by atoms with Gasteiger partial charge < -0.3 is 10.6 Å². The van der Waals surface area contributed by atoms with E-state index in [-0.39, 0.29) is 11.1 Å². The van der Waals surface area contributed by atoms with Gasteiger partial charge in [0.15, 0.2) is 0 Å². The van der Waals surface area contributed by atoms with Crippen LogP contribution in [0.15, 0.2) is 48.5 Å². The summed E-state index contributed by atoms with van der Waals surface area (Å²) in [5.74, 6) is 0. The fourth-order valence-electron chi connectivity index (χ4n) is 2.36. The van der Waals surface area contributed by atoms with Gasteiger partial charge in [0.05, 0.1) is 0 Å². The van der Waals surface area contributed by atoms with Crippen molar-refractivity contribution in [3.05, 3.63) is 48.5 Å². The number of nitrogens with one attached hydrogen (secondary N) is 2. The lowest BCUT2D eigenvalue weighted by Crippen LogP contribution is -2.25. The first-order valence-electron chi connectivity index (χ1n) is 7.89. The Balaban J connectivity index is 2.12. The first kappa shape index (κ1) is 16.4. The van der Waals surface area contributed by atoms with Crippen LogP contribution in [0.25, 0.3) is 11.1 Å². The molecule has 0 unspecified atom stereocenters. The molecule has 2 N–H and O–H groups in total. The number of hydrogen-bond donors (Lipinski definition) is 2. The molecule has 0 bridgehead atoms. The second-order valence-corrected chi connectivity index (χ2v) is 7.90. The van der Waals surface area contributed by atoms with Crippen molar-refractivity contribution in [2.24, 2.45) is 0 Å². The molecule has 0 amide bonds. The van der Waals surface area contributed by atoms with Crippen molar-refractivity contribution < 1.29 is 0 Å². The molecule has 0 spiro atoms. The van der Waals surface area contributed by atoms with Gasteiger partial charge in [-0.2, -0.15) is 0 Å². The van der Waals surface area contributed by atoms with E-state index in [1.54, 1.807) is 0 Å². The number of anilines is 2. The van der Waals surface area contributed by atoms with E-state index in [1.165, 1.54) is 11.1 Å². The van der Waals surface area contributed by atoms with Crippen LogP contribution in [-0.4, -0.2) is 11.1 Å². The lowest BCUT2D eigenvalue weighted by molar-refractivity contribution is 0.633. The monoisotopic (exact) mass is 296 g/mol. The summed E-state index contributed by atoms with van der Waals surface area (Å²) in [7, 11) is 0. The molecule has 0 aliphatic carbocycles. The molecule has 2 aromatic rings. The summed E-state index contributed by atoms with van der Waals surface area (Å²) in [5, 5.41) is 6.97. The number of benzene rings is 2. The van der Waals surface area contributed by atoms with E-state index in [4.69, 9.17) is 0 Å². The zero-order valence-electron chi connectivity index (χ0n) is 14.6. The molecule has 0 aromatic heterocycles. The first-order chi connectivity index (χ1) is 10.1. The highest BCUT2D eigenvalue weighted by molar-refractivity contribution is 5.68. The molecule has 118 valence electrons. The van der Waals surface area contributed by atoms with Crippen molar-refractivity contribution in [1.82, 2.24) is 0 Å². The molecule has 22 heavy (non-hydrogen) atoms. The predicted octanol–water partition coefficient (Wildman–Crippen LogP) is 5.77. The van der Waals surface area contributed by atoms with Gasteiger partial charge in [-0.05, 0) is 76.9 Å². The summed E-state index contributed by atoms with van der Waals surface area (Å²) in [6.07, 6.45) is 0. The largest absolute Gasteiger partial charge is 0.380 e. The molecular weight excluding hydrogens is 268 g/mol. The highest BCUT2D eigenvalue weighted by atomic mass is 15.0. The second-order valence-electron chi connectivity index (χ2n) is 7.90. The van der Waals surface area contributed by atoms with Crippen LogP contribution in [0, 0.1) is 0 Å². The van der Waals surface area contributed by atoms with Gasteiger partial charge >= 0.3 is 0 Å². The SMILES string of the molecule is CC(C)(C)Nc1ccc(-c2ccc(NC(C)(C)C)cc2)cc1. The fourth-order valence-corrected chi connectivity index (χ4v) is 2.36. The minimum absolute atomic E-state index is 0.0851. The summed E-state index contributed by atoms with van der Waals surface area (Å²) in [4.78, 5) is 0. The van der Waals surface area contributed by atoms with Gasteiger partial charge in [0, 0.05) is 22.5 Å². The highest BCUT2D eigenvalue weighted by Crippen LogP contribution is 2.25. The Kier molecular flexibility index (Phi) is 4.50. The Bertz CT molecular complexity index is 539. The molecule has 0 radical (unpaired) electrons. The average molecular weight is 296 g/mol. The third-order valence-corrected chi connectivity index (χ3v) is 3.14. The van der Waals surface area contributed by atoms with Crippen LogP contribution in [0.1, 0.15) is 41.5 Å². The third kappa shape index (κ3) is 5.10. The number of rotatable bonds is 3. The first-order valence-corrected chi connectivity index (χ1v) is 7.89. The van der Waals surface area contributed by atoms with Crippen molar-refractivity contribution in [3.8, 4) is 11.1 Å². The standard InChI is InChI=1S/C20H28N2/c1-19(2,3)21-17-11-7-15(8-12-17)16-9-13-18(14-10-16)22-20(4,5)6/h7-14,21-22H,1-6H3. The Morgan fingerprint density at radius 2 is 0.773 bits per heavy atom. The molecule has 2 nitrogen and oxygen atoms in total. The zero-order chi connectivity index (χ0) is 16.4. The number of hydrogen-bond acceptors (Lipinski definition) is 2. The van der Waals surface area contributed by atoms with Crippen LogP contribution in [-0.2, 0) is 0 Å². The maximum absolute atomic E-state index is 3.48. The molecular formula is C20H28N2. The van der Waals surface area contributed by atoms with E-state index in [1.807, 2.05) is 0 Å². The van der Waals surface area contributed by atoms with Gasteiger partial charge in [0.1, 0.15) is 0 Å². The lowest BCUT2D eigenvalue weighted by Gasteiger charge is -2.22. The highest BCUT2D eigenvalue weighted by Gasteiger charge is 2.10. The fraction of sp³-hybridized carbons (Fsp3) is 0.400. The van der Waals surface area contributed by atoms with Crippen molar-refractivity contribution in [3.63, 3.8) is 0 Å². The lowest BCUT2D eigenvalue weighted by atomic mass is 10.0. The molecule has 0 saturated carbocycles. The van der Waals surface area contributed by atoms with Crippen molar-refractivity contribution in [1.29, 1.82) is 0 Å². The van der Waals surface area contributed by atoms with Gasteiger partial charge in [-0.1, -0.05) is 24.3 Å². The predicted molar refractivity (Wildman–Crippen MR) is 98.6 cm³/mol. The van der Waals surface area contributed by atoms with Gasteiger partial charge in [0.2, 0.25) is 0 Å². The average Bonchev–Trinajstić information content (AvgIpc) is 2.37. The normalized spacial score (nSPS) is 12.1. The zero-order valence-corrected chi connectivity index (χ0v) is 14.6. The van der Waals surface area contributed by atoms with E-state index in [2.05, 4.69) is 101 Å². The Morgan fingerprint density at radius 1 is 0.500 bits per heavy atom. The van der Waals surface area contributed by atoms with Crippen LogP contribution in [0.3, 0.4) is 0 Å². The molecule has 2 heteroatoms. The second kappa shape index (κ2) is 6.04. The maximum Gasteiger partial charge on any atom is 0.0344 e. The van der Waals surface area contributed by atoms with Crippen LogP contribution >= 0.6 is 0 Å². The van der Waals surface area contributed by atoms with Crippen molar-refractivity contribution in [2.75, 3.05) is 10.6 Å². The summed E-state index contributed by atoms with van der Waals surface area (Å²) in [6, 6.07) is 17.2. The van der Waals surface area contributed by atoms with E-state index in [0.29, 0.717) is 0 Å². The van der Waals surface area contributed by atoms with Crippen molar-refractivity contribution >= 4 is 11.4 Å². The molecule has 0 aliphatic rings. The van der Waals surface area contributed by atoms with Crippen LogP contribution in [0.2, 0.25) is 0 Å². The van der Waals surface area contributed by atoms with Crippen LogP contribution in [0.5, 0.6) is 0 Å². The molecule has 0 saturated heterocycles.